The van der Waals surface area contributed by atoms with Crippen molar-refractivity contribution in [3.8, 4) is 0 Å². The summed E-state index contributed by atoms with van der Waals surface area (Å²) in [6.07, 6.45) is 9.67. The number of fused-ring (bicyclic) bond motifs is 1. The van der Waals surface area contributed by atoms with Crippen LogP contribution in [0.2, 0.25) is 0 Å². The average molecular weight is 192 g/mol. The molecule has 2 heteroatoms. The summed E-state index contributed by atoms with van der Waals surface area (Å²) in [5, 5.41) is 3.63. The summed E-state index contributed by atoms with van der Waals surface area (Å²) in [5.74, 6) is 0. The molecule has 2 nitrogen and oxygen atoms in total. The van der Waals surface area contributed by atoms with E-state index in [4.69, 9.17) is 0 Å². The highest BCUT2D eigenvalue weighted by Gasteiger charge is 2.20. The highest BCUT2D eigenvalue weighted by molar-refractivity contribution is 5.30. The minimum Gasteiger partial charge on any atom is -0.357 e. The highest BCUT2D eigenvalue weighted by Crippen LogP contribution is 2.29. The zero-order chi connectivity index (χ0) is 9.97. The quantitative estimate of drug-likeness (QED) is 0.778. The van der Waals surface area contributed by atoms with Crippen LogP contribution < -0.4 is 5.32 Å². The molecule has 0 aromatic carbocycles. The molecule has 0 amide bonds. The van der Waals surface area contributed by atoms with Gasteiger partial charge in [-0.15, -0.1) is 0 Å². The van der Waals surface area contributed by atoms with Crippen molar-refractivity contribution < 1.29 is 0 Å². The van der Waals surface area contributed by atoms with Gasteiger partial charge in [0.2, 0.25) is 0 Å². The summed E-state index contributed by atoms with van der Waals surface area (Å²) in [5.41, 5.74) is 3.08. The Labute approximate surface area is 86.3 Å². The summed E-state index contributed by atoms with van der Waals surface area (Å²) < 4.78 is 2.19. The lowest BCUT2D eigenvalue weighted by atomic mass is 9.91. The Kier molecular flexibility index (Phi) is 2.92. The van der Waals surface area contributed by atoms with Crippen LogP contribution >= 0.6 is 0 Å². The third-order valence-electron chi connectivity index (χ3n) is 3.03. The van der Waals surface area contributed by atoms with Crippen LogP contribution in [0.3, 0.4) is 0 Å². The minimum atomic E-state index is 0.611. The van der Waals surface area contributed by atoms with Crippen molar-refractivity contribution in [2.45, 2.75) is 38.6 Å². The van der Waals surface area contributed by atoms with Crippen LogP contribution in [0.15, 0.2) is 12.4 Å². The van der Waals surface area contributed by atoms with Gasteiger partial charge in [0.25, 0.3) is 0 Å². The molecule has 0 saturated heterocycles. The Bertz CT molecular complexity index is 301. The van der Waals surface area contributed by atoms with Crippen molar-refractivity contribution in [1.82, 2.24) is 9.88 Å². The number of hydrogen-bond acceptors (Lipinski definition) is 1. The van der Waals surface area contributed by atoms with E-state index in [0.29, 0.717) is 6.04 Å². The summed E-state index contributed by atoms with van der Waals surface area (Å²) in [4.78, 5) is 0. The number of rotatable bonds is 3. The van der Waals surface area contributed by atoms with Crippen LogP contribution in [-0.4, -0.2) is 11.1 Å². The van der Waals surface area contributed by atoms with Crippen molar-refractivity contribution >= 4 is 0 Å². The number of nitrogens with one attached hydrogen (secondary N) is 1. The minimum absolute atomic E-state index is 0.611. The molecule has 0 fully saturated rings. The molecule has 1 heterocycles. The second-order valence-corrected chi connectivity index (χ2v) is 4.30. The van der Waals surface area contributed by atoms with E-state index in [9.17, 15) is 0 Å². The molecule has 1 aliphatic carbocycles. The van der Waals surface area contributed by atoms with Crippen LogP contribution in [0, 0.1) is 0 Å². The molecule has 78 valence electrons. The molecular weight excluding hydrogens is 172 g/mol. The molecule has 1 N–H and O–H groups in total. The van der Waals surface area contributed by atoms with Gasteiger partial charge >= 0.3 is 0 Å². The van der Waals surface area contributed by atoms with Crippen LogP contribution in [-0.2, 0) is 13.5 Å². The van der Waals surface area contributed by atoms with Crippen molar-refractivity contribution in [1.29, 1.82) is 0 Å². The summed E-state index contributed by atoms with van der Waals surface area (Å²) in [7, 11) is 2.12. The van der Waals surface area contributed by atoms with Gasteiger partial charge in [-0.3, -0.25) is 0 Å². The summed E-state index contributed by atoms with van der Waals surface area (Å²) >= 11 is 0. The molecule has 1 aromatic rings. The smallest absolute Gasteiger partial charge is 0.0338 e. The fraction of sp³-hybridized carbons (Fsp3) is 0.667. The van der Waals surface area contributed by atoms with Crippen molar-refractivity contribution in [3.63, 3.8) is 0 Å². The maximum Gasteiger partial charge on any atom is 0.0338 e. The fourth-order valence-corrected chi connectivity index (χ4v) is 2.37. The lowest BCUT2D eigenvalue weighted by molar-refractivity contribution is 0.462. The van der Waals surface area contributed by atoms with E-state index in [1.807, 2.05) is 0 Å². The molecule has 1 aliphatic rings. The van der Waals surface area contributed by atoms with E-state index in [1.54, 1.807) is 5.56 Å². The SMILES string of the molecule is CCCNC1CCCc2cn(C)cc21. The monoisotopic (exact) mass is 192 g/mol. The molecule has 0 radical (unpaired) electrons. The number of nitrogens with zero attached hydrogens (tertiary/aromatic N) is 1. The van der Waals surface area contributed by atoms with Gasteiger partial charge in [0.15, 0.2) is 0 Å². The van der Waals surface area contributed by atoms with Crippen LogP contribution in [0.1, 0.15) is 43.4 Å². The third kappa shape index (κ3) is 1.85. The van der Waals surface area contributed by atoms with E-state index in [1.165, 1.54) is 31.2 Å². The molecule has 2 rings (SSSR count). The zero-order valence-electron chi connectivity index (χ0n) is 9.21. The number of aromatic nitrogens is 1. The topological polar surface area (TPSA) is 17.0 Å². The van der Waals surface area contributed by atoms with Gasteiger partial charge in [0.1, 0.15) is 0 Å². The Morgan fingerprint density at radius 1 is 1.50 bits per heavy atom. The van der Waals surface area contributed by atoms with Crippen LogP contribution in [0.25, 0.3) is 0 Å². The molecule has 0 saturated carbocycles. The molecule has 14 heavy (non-hydrogen) atoms. The first kappa shape index (κ1) is 9.78. The molecule has 0 aliphatic heterocycles. The summed E-state index contributed by atoms with van der Waals surface area (Å²) in [6, 6.07) is 0.611. The van der Waals surface area contributed by atoms with Gasteiger partial charge in [-0.1, -0.05) is 6.92 Å². The van der Waals surface area contributed by atoms with Crippen LogP contribution in [0.5, 0.6) is 0 Å². The highest BCUT2D eigenvalue weighted by atomic mass is 14.9. The van der Waals surface area contributed by atoms with Crippen molar-refractivity contribution in [3.05, 3.63) is 23.5 Å². The predicted octanol–water partition coefficient (Wildman–Crippen LogP) is 2.40. The van der Waals surface area contributed by atoms with E-state index in [-0.39, 0.29) is 0 Å². The van der Waals surface area contributed by atoms with E-state index < -0.39 is 0 Å². The van der Waals surface area contributed by atoms with Gasteiger partial charge in [-0.25, -0.2) is 0 Å². The second kappa shape index (κ2) is 4.18. The maximum atomic E-state index is 3.63. The lowest BCUT2D eigenvalue weighted by Crippen LogP contribution is -2.24. The average Bonchev–Trinajstić information content (AvgIpc) is 2.55. The van der Waals surface area contributed by atoms with E-state index in [2.05, 4.69) is 36.2 Å². The normalized spacial score (nSPS) is 20.9. The molecular formula is C12H20N2. The number of hydrogen-bond donors (Lipinski definition) is 1. The first-order valence-electron chi connectivity index (χ1n) is 5.69. The zero-order valence-corrected chi connectivity index (χ0v) is 9.21. The molecule has 0 bridgehead atoms. The molecule has 1 atom stereocenters. The van der Waals surface area contributed by atoms with Crippen molar-refractivity contribution in [2.75, 3.05) is 6.54 Å². The predicted molar refractivity (Wildman–Crippen MR) is 59.4 cm³/mol. The van der Waals surface area contributed by atoms with E-state index >= 15 is 0 Å². The summed E-state index contributed by atoms with van der Waals surface area (Å²) in [6.45, 7) is 3.36. The first-order valence-corrected chi connectivity index (χ1v) is 5.69. The maximum absolute atomic E-state index is 3.63. The van der Waals surface area contributed by atoms with Gasteiger partial charge < -0.3 is 9.88 Å². The Morgan fingerprint density at radius 3 is 3.14 bits per heavy atom. The van der Waals surface area contributed by atoms with Gasteiger partial charge in [0.05, 0.1) is 0 Å². The van der Waals surface area contributed by atoms with Gasteiger partial charge in [0, 0.05) is 25.5 Å². The van der Waals surface area contributed by atoms with Gasteiger partial charge in [-0.2, -0.15) is 0 Å². The molecule has 1 unspecified atom stereocenters. The number of aryl methyl sites for hydroxylation is 2. The lowest BCUT2D eigenvalue weighted by Gasteiger charge is -2.23. The molecule has 0 spiro atoms. The molecule has 1 aromatic heterocycles. The standard InChI is InChI=1S/C12H20N2/c1-3-7-13-12-6-4-5-10-8-14(2)9-11(10)12/h8-9,12-13H,3-7H2,1-2H3. The fourth-order valence-electron chi connectivity index (χ4n) is 2.37. The second-order valence-electron chi connectivity index (χ2n) is 4.30. The Hall–Kier alpha value is -0.760. The van der Waals surface area contributed by atoms with Gasteiger partial charge in [-0.05, 0) is 43.4 Å². The Balaban J connectivity index is 2.13. The van der Waals surface area contributed by atoms with Crippen LogP contribution in [0.4, 0.5) is 0 Å². The Morgan fingerprint density at radius 2 is 2.36 bits per heavy atom. The third-order valence-corrected chi connectivity index (χ3v) is 3.03. The van der Waals surface area contributed by atoms with Crippen molar-refractivity contribution in [2.24, 2.45) is 7.05 Å². The largest absolute Gasteiger partial charge is 0.357 e. The van der Waals surface area contributed by atoms with E-state index in [0.717, 1.165) is 6.54 Å². The first-order chi connectivity index (χ1) is 6.81.